The highest BCUT2D eigenvalue weighted by atomic mass is 16.8. The number of hydrogen-bond acceptors (Lipinski definition) is 6. The normalized spacial score (nSPS) is 33.0. The molecular weight excluding hydrogens is 386 g/mol. The zero-order chi connectivity index (χ0) is 20.5. The molecule has 7 heteroatoms. The lowest BCUT2D eigenvalue weighted by atomic mass is 9.95. The van der Waals surface area contributed by atoms with Gasteiger partial charge in [-0.3, -0.25) is 4.79 Å². The quantitative estimate of drug-likeness (QED) is 0.771. The van der Waals surface area contributed by atoms with E-state index in [1.165, 1.54) is 6.92 Å². The van der Waals surface area contributed by atoms with E-state index >= 15 is 0 Å². The monoisotopic (exact) mass is 411 g/mol. The number of rotatable bonds is 4. The fourth-order valence-corrected chi connectivity index (χ4v) is 4.30. The molecule has 0 saturated carbocycles. The number of nitrogens with zero attached hydrogens (tertiary/aromatic N) is 1. The first-order valence-corrected chi connectivity index (χ1v) is 10.2. The standard InChI is InChI=1S/C23H25NO6/c1-15(25)24-14-28-21-19(24)23(26-12-16-8-4-2-5-9-16)29-18-13-27-22(30-20(18)21)17-10-6-3-7-11-17/h2-11,18-23H,12-14H2,1H3/t18-,19-,20-,21+,22?,23-/m1/s1. The van der Waals surface area contributed by atoms with Crippen LogP contribution >= 0.6 is 0 Å². The van der Waals surface area contributed by atoms with Gasteiger partial charge in [-0.25, -0.2) is 0 Å². The third kappa shape index (κ3) is 3.75. The topological polar surface area (TPSA) is 66.5 Å². The second kappa shape index (κ2) is 8.45. The third-order valence-electron chi connectivity index (χ3n) is 5.81. The summed E-state index contributed by atoms with van der Waals surface area (Å²) in [7, 11) is 0. The Morgan fingerprint density at radius 1 is 1.00 bits per heavy atom. The van der Waals surface area contributed by atoms with Gasteiger partial charge in [0.25, 0.3) is 0 Å². The molecule has 0 spiro atoms. The molecular formula is C23H25NO6. The molecule has 0 aromatic heterocycles. The van der Waals surface area contributed by atoms with E-state index in [1.54, 1.807) is 4.90 Å². The largest absolute Gasteiger partial charge is 0.353 e. The number of hydrogen-bond donors (Lipinski definition) is 0. The Balaban J connectivity index is 1.35. The molecule has 3 aliphatic rings. The summed E-state index contributed by atoms with van der Waals surface area (Å²) in [5.74, 6) is -0.0791. The van der Waals surface area contributed by atoms with Crippen molar-refractivity contribution in [2.24, 2.45) is 0 Å². The summed E-state index contributed by atoms with van der Waals surface area (Å²) in [6, 6.07) is 19.3. The lowest BCUT2D eigenvalue weighted by Crippen LogP contribution is -2.64. The number of carbonyl (C=O) groups excluding carboxylic acids is 1. The fourth-order valence-electron chi connectivity index (χ4n) is 4.30. The molecule has 7 nitrogen and oxygen atoms in total. The van der Waals surface area contributed by atoms with Crippen LogP contribution in [0.3, 0.4) is 0 Å². The van der Waals surface area contributed by atoms with Crippen LogP contribution in [0.1, 0.15) is 24.3 Å². The smallest absolute Gasteiger partial charge is 0.221 e. The Labute approximate surface area is 175 Å². The van der Waals surface area contributed by atoms with Crippen molar-refractivity contribution in [3.05, 3.63) is 71.8 Å². The molecule has 2 aromatic carbocycles. The third-order valence-corrected chi connectivity index (χ3v) is 5.81. The Bertz CT molecular complexity index is 863. The predicted molar refractivity (Wildman–Crippen MR) is 106 cm³/mol. The summed E-state index contributed by atoms with van der Waals surface area (Å²) in [5, 5.41) is 0. The Kier molecular flexibility index (Phi) is 5.54. The molecule has 1 unspecified atom stereocenters. The summed E-state index contributed by atoms with van der Waals surface area (Å²) in [6.07, 6.45) is -2.14. The molecule has 30 heavy (non-hydrogen) atoms. The highest BCUT2D eigenvalue weighted by molar-refractivity contribution is 5.74. The van der Waals surface area contributed by atoms with E-state index in [2.05, 4.69) is 0 Å². The maximum Gasteiger partial charge on any atom is 0.221 e. The fraction of sp³-hybridized carbons (Fsp3) is 0.435. The van der Waals surface area contributed by atoms with Crippen molar-refractivity contribution in [3.8, 4) is 0 Å². The maximum atomic E-state index is 12.2. The van der Waals surface area contributed by atoms with Gasteiger partial charge >= 0.3 is 0 Å². The average Bonchev–Trinajstić information content (AvgIpc) is 3.25. The van der Waals surface area contributed by atoms with Crippen molar-refractivity contribution < 1.29 is 28.5 Å². The molecule has 0 aliphatic carbocycles. The molecule has 0 radical (unpaired) electrons. The van der Waals surface area contributed by atoms with Gasteiger partial charge in [-0.05, 0) is 5.56 Å². The van der Waals surface area contributed by atoms with Crippen LogP contribution in [-0.2, 0) is 35.1 Å². The van der Waals surface area contributed by atoms with E-state index in [1.807, 2.05) is 60.7 Å². The molecule has 0 bridgehead atoms. The van der Waals surface area contributed by atoms with Crippen LogP contribution < -0.4 is 0 Å². The molecule has 1 amide bonds. The molecule has 158 valence electrons. The molecule has 3 fully saturated rings. The minimum Gasteiger partial charge on any atom is -0.353 e. The molecule has 6 atom stereocenters. The first-order chi connectivity index (χ1) is 14.7. The summed E-state index contributed by atoms with van der Waals surface area (Å²) < 4.78 is 30.6. The maximum absolute atomic E-state index is 12.2. The van der Waals surface area contributed by atoms with E-state index in [4.69, 9.17) is 23.7 Å². The van der Waals surface area contributed by atoms with Gasteiger partial charge in [-0.2, -0.15) is 0 Å². The van der Waals surface area contributed by atoms with Crippen molar-refractivity contribution in [2.45, 2.75) is 50.5 Å². The van der Waals surface area contributed by atoms with Gasteiger partial charge in [0, 0.05) is 12.5 Å². The van der Waals surface area contributed by atoms with Gasteiger partial charge < -0.3 is 28.6 Å². The second-order valence-electron chi connectivity index (χ2n) is 7.76. The Morgan fingerprint density at radius 2 is 1.73 bits per heavy atom. The highest BCUT2D eigenvalue weighted by Gasteiger charge is 2.56. The van der Waals surface area contributed by atoms with Crippen molar-refractivity contribution in [2.75, 3.05) is 13.3 Å². The predicted octanol–water partition coefficient (Wildman–Crippen LogP) is 2.62. The summed E-state index contributed by atoms with van der Waals surface area (Å²) >= 11 is 0. The lowest BCUT2D eigenvalue weighted by molar-refractivity contribution is -0.342. The van der Waals surface area contributed by atoms with Gasteiger partial charge in [-0.1, -0.05) is 60.7 Å². The minimum absolute atomic E-state index is 0.0791. The van der Waals surface area contributed by atoms with Crippen molar-refractivity contribution in [1.82, 2.24) is 4.90 Å². The average molecular weight is 411 g/mol. The van der Waals surface area contributed by atoms with E-state index < -0.39 is 12.6 Å². The van der Waals surface area contributed by atoms with Gasteiger partial charge in [0.1, 0.15) is 31.1 Å². The number of amides is 1. The first kappa shape index (κ1) is 19.7. The van der Waals surface area contributed by atoms with Gasteiger partial charge in [-0.15, -0.1) is 0 Å². The minimum atomic E-state index is -0.622. The van der Waals surface area contributed by atoms with Gasteiger partial charge in [0.15, 0.2) is 12.6 Å². The zero-order valence-corrected chi connectivity index (χ0v) is 16.8. The summed E-state index contributed by atoms with van der Waals surface area (Å²) in [6.45, 7) is 2.47. The van der Waals surface area contributed by atoms with Crippen molar-refractivity contribution in [3.63, 3.8) is 0 Å². The van der Waals surface area contributed by atoms with Crippen LogP contribution in [0.2, 0.25) is 0 Å². The van der Waals surface area contributed by atoms with E-state index in [0.717, 1.165) is 11.1 Å². The molecule has 3 heterocycles. The van der Waals surface area contributed by atoms with Crippen molar-refractivity contribution in [1.29, 1.82) is 0 Å². The van der Waals surface area contributed by atoms with E-state index in [-0.39, 0.29) is 37.0 Å². The summed E-state index contributed by atoms with van der Waals surface area (Å²) in [4.78, 5) is 13.9. The SMILES string of the molecule is CC(=O)N1CO[C@@H]2[C@@H]3OC(c4ccccc4)OC[C@H]3O[C@@H](OCc3ccccc3)[C@@H]21. The van der Waals surface area contributed by atoms with Crippen LogP contribution in [0.5, 0.6) is 0 Å². The van der Waals surface area contributed by atoms with E-state index in [0.29, 0.717) is 13.2 Å². The Morgan fingerprint density at radius 3 is 2.47 bits per heavy atom. The van der Waals surface area contributed by atoms with Crippen LogP contribution in [0, 0.1) is 0 Å². The van der Waals surface area contributed by atoms with Crippen LogP contribution in [0.25, 0.3) is 0 Å². The van der Waals surface area contributed by atoms with E-state index in [9.17, 15) is 4.79 Å². The molecule has 0 N–H and O–H groups in total. The molecule has 3 aliphatic heterocycles. The number of fused-ring (bicyclic) bond motifs is 3. The second-order valence-corrected chi connectivity index (χ2v) is 7.76. The first-order valence-electron chi connectivity index (χ1n) is 10.2. The molecule has 2 aromatic rings. The number of ether oxygens (including phenoxy) is 5. The highest BCUT2D eigenvalue weighted by Crippen LogP contribution is 2.39. The Hall–Kier alpha value is -2.29. The number of benzene rings is 2. The van der Waals surface area contributed by atoms with Crippen LogP contribution in [0.15, 0.2) is 60.7 Å². The van der Waals surface area contributed by atoms with Gasteiger partial charge in [0.05, 0.1) is 13.2 Å². The number of carbonyl (C=O) groups is 1. The molecule has 3 saturated heterocycles. The molecule has 5 rings (SSSR count). The zero-order valence-electron chi connectivity index (χ0n) is 16.8. The van der Waals surface area contributed by atoms with Gasteiger partial charge in [0.2, 0.25) is 5.91 Å². The van der Waals surface area contributed by atoms with Crippen LogP contribution in [-0.4, -0.2) is 54.8 Å². The summed E-state index contributed by atoms with van der Waals surface area (Å²) in [5.41, 5.74) is 1.98. The lowest BCUT2D eigenvalue weighted by Gasteiger charge is -2.47. The van der Waals surface area contributed by atoms with Crippen molar-refractivity contribution >= 4 is 5.91 Å². The van der Waals surface area contributed by atoms with Crippen LogP contribution in [0.4, 0.5) is 0 Å².